The molecule has 0 bridgehead atoms. The predicted molar refractivity (Wildman–Crippen MR) is 55.4 cm³/mol. The normalized spacial score (nSPS) is 16.5. The molecule has 1 heterocycles. The van der Waals surface area contributed by atoms with Crippen molar-refractivity contribution in [2.24, 2.45) is 5.92 Å². The van der Waals surface area contributed by atoms with Gasteiger partial charge in [-0.25, -0.2) is 0 Å². The molecule has 0 amide bonds. The van der Waals surface area contributed by atoms with Gasteiger partial charge in [0.05, 0.1) is 22.9 Å². The van der Waals surface area contributed by atoms with Crippen LogP contribution in [0.1, 0.15) is 18.7 Å². The van der Waals surface area contributed by atoms with E-state index in [1.807, 2.05) is 6.92 Å². The van der Waals surface area contributed by atoms with E-state index in [1.54, 1.807) is 2.90 Å². The molecule has 0 spiro atoms. The first-order valence-corrected chi connectivity index (χ1v) is 5.06. The molecule has 66 valence electrons. The molecule has 0 radical (unpaired) electrons. The number of nitrogens with zero attached hydrogens (tertiary/aromatic N) is 3. The van der Waals surface area contributed by atoms with E-state index in [1.165, 1.54) is 12.8 Å². The maximum Gasteiger partial charge on any atom is 0.230 e. The molecule has 1 fully saturated rings. The largest absolute Gasteiger partial charge is 0.354 e. The number of rotatable bonds is 3. The molecule has 1 aliphatic carbocycles. The highest BCUT2D eigenvalue weighted by Gasteiger charge is 2.21. The van der Waals surface area contributed by atoms with Crippen molar-refractivity contribution in [3.8, 4) is 0 Å². The Labute approximate surface area is 85.2 Å². The number of halogens is 1. The summed E-state index contributed by atoms with van der Waals surface area (Å²) in [5, 5.41) is 7.42. The molecular weight excluding hydrogens is 267 g/mol. The Kier molecular flexibility index (Phi) is 2.20. The van der Waals surface area contributed by atoms with E-state index in [2.05, 4.69) is 38.3 Å². The summed E-state index contributed by atoms with van der Waals surface area (Å²) in [7, 11) is 0. The van der Waals surface area contributed by atoms with Crippen LogP contribution in [-0.2, 0) is 0 Å². The zero-order chi connectivity index (χ0) is 8.55. The summed E-state index contributed by atoms with van der Waals surface area (Å²) in [5.74, 6) is 2.57. The van der Waals surface area contributed by atoms with E-state index in [4.69, 9.17) is 0 Å². The lowest BCUT2D eigenvalue weighted by Crippen LogP contribution is -2.06. The smallest absolute Gasteiger partial charge is 0.230 e. The van der Waals surface area contributed by atoms with E-state index >= 15 is 0 Å². The predicted octanol–water partition coefficient (Wildman–Crippen LogP) is 1.61. The first kappa shape index (κ1) is 8.28. The molecule has 5 heteroatoms. The Morgan fingerprint density at radius 3 is 2.92 bits per heavy atom. The minimum Gasteiger partial charge on any atom is -0.354 e. The van der Waals surface area contributed by atoms with Crippen LogP contribution in [0.25, 0.3) is 0 Å². The average molecular weight is 278 g/mol. The summed E-state index contributed by atoms with van der Waals surface area (Å²) in [6.45, 7) is 2.94. The molecular formula is C7H11IN4. The zero-order valence-corrected chi connectivity index (χ0v) is 9.08. The maximum absolute atomic E-state index is 4.24. The second-order valence-electron chi connectivity index (χ2n) is 3.17. The molecule has 12 heavy (non-hydrogen) atoms. The first-order valence-electron chi connectivity index (χ1n) is 4.09. The SMILES string of the molecule is Cc1nc(NCC2CC2)n(I)n1. The van der Waals surface area contributed by atoms with E-state index in [0.29, 0.717) is 0 Å². The van der Waals surface area contributed by atoms with E-state index in [0.717, 1.165) is 24.2 Å². The van der Waals surface area contributed by atoms with Crippen molar-refractivity contribution in [1.82, 2.24) is 13.0 Å². The van der Waals surface area contributed by atoms with Crippen LogP contribution in [0.5, 0.6) is 0 Å². The van der Waals surface area contributed by atoms with Crippen LogP contribution in [0.4, 0.5) is 5.95 Å². The standard InChI is InChI=1S/C7H11IN4/c1-5-10-7(12(8)11-5)9-4-6-2-3-6/h6H,2-4H2,1H3,(H,9,10,11). The van der Waals surface area contributed by atoms with Crippen molar-refractivity contribution in [1.29, 1.82) is 0 Å². The molecule has 1 saturated carbocycles. The van der Waals surface area contributed by atoms with Gasteiger partial charge in [0.1, 0.15) is 0 Å². The summed E-state index contributed by atoms with van der Waals surface area (Å²) >= 11 is 2.13. The minimum atomic E-state index is 0.822. The Bertz CT molecular complexity index is 279. The van der Waals surface area contributed by atoms with Crippen LogP contribution in [-0.4, -0.2) is 19.5 Å². The lowest BCUT2D eigenvalue weighted by Gasteiger charge is -2.00. The van der Waals surface area contributed by atoms with E-state index in [9.17, 15) is 0 Å². The van der Waals surface area contributed by atoms with Crippen LogP contribution >= 0.6 is 22.9 Å². The maximum atomic E-state index is 4.24. The van der Waals surface area contributed by atoms with Gasteiger partial charge in [-0.2, -0.15) is 7.88 Å². The number of hydrogen-bond donors (Lipinski definition) is 1. The first-order chi connectivity index (χ1) is 5.75. The molecule has 0 saturated heterocycles. The van der Waals surface area contributed by atoms with Crippen LogP contribution < -0.4 is 5.32 Å². The number of aromatic nitrogens is 3. The van der Waals surface area contributed by atoms with Gasteiger partial charge in [-0.3, -0.25) is 0 Å². The number of nitrogens with one attached hydrogen (secondary N) is 1. The Morgan fingerprint density at radius 1 is 1.67 bits per heavy atom. The van der Waals surface area contributed by atoms with Gasteiger partial charge >= 0.3 is 0 Å². The van der Waals surface area contributed by atoms with Crippen LogP contribution in [0.2, 0.25) is 0 Å². The van der Waals surface area contributed by atoms with Crippen LogP contribution in [0.15, 0.2) is 0 Å². The molecule has 0 atom stereocenters. The summed E-state index contributed by atoms with van der Waals surface area (Å²) < 4.78 is 1.76. The fraction of sp³-hybridized carbons (Fsp3) is 0.714. The third kappa shape index (κ3) is 1.88. The second kappa shape index (κ2) is 3.20. The van der Waals surface area contributed by atoms with Crippen molar-refractivity contribution in [2.45, 2.75) is 19.8 Å². The minimum absolute atomic E-state index is 0.822. The quantitative estimate of drug-likeness (QED) is 0.854. The van der Waals surface area contributed by atoms with Crippen molar-refractivity contribution >= 4 is 28.8 Å². The van der Waals surface area contributed by atoms with Gasteiger partial charge in [-0.15, -0.1) is 5.10 Å². The monoisotopic (exact) mass is 278 g/mol. The van der Waals surface area contributed by atoms with E-state index in [-0.39, 0.29) is 0 Å². The van der Waals surface area contributed by atoms with Crippen molar-refractivity contribution < 1.29 is 0 Å². The molecule has 4 nitrogen and oxygen atoms in total. The van der Waals surface area contributed by atoms with Gasteiger partial charge < -0.3 is 5.32 Å². The third-order valence-corrected chi connectivity index (χ3v) is 2.59. The van der Waals surface area contributed by atoms with Crippen LogP contribution in [0, 0.1) is 12.8 Å². The van der Waals surface area contributed by atoms with Gasteiger partial charge in [0.15, 0.2) is 5.82 Å². The third-order valence-electron chi connectivity index (χ3n) is 1.92. The molecule has 0 aliphatic heterocycles. The van der Waals surface area contributed by atoms with Crippen LogP contribution in [0.3, 0.4) is 0 Å². The topological polar surface area (TPSA) is 42.7 Å². The Hall–Kier alpha value is -0.330. The van der Waals surface area contributed by atoms with Crippen molar-refractivity contribution in [3.63, 3.8) is 0 Å². The lowest BCUT2D eigenvalue weighted by molar-refractivity contribution is 0.872. The summed E-state index contributed by atoms with van der Waals surface area (Å²) in [5.41, 5.74) is 0. The second-order valence-corrected chi connectivity index (χ2v) is 4.08. The fourth-order valence-corrected chi connectivity index (χ4v) is 1.64. The van der Waals surface area contributed by atoms with E-state index < -0.39 is 0 Å². The fourth-order valence-electron chi connectivity index (χ4n) is 1.05. The number of hydrogen-bond acceptors (Lipinski definition) is 3. The highest BCUT2D eigenvalue weighted by atomic mass is 127. The highest BCUT2D eigenvalue weighted by molar-refractivity contribution is 14.1. The molecule has 2 rings (SSSR count). The average Bonchev–Trinajstić information content (AvgIpc) is 2.76. The summed E-state index contributed by atoms with van der Waals surface area (Å²) in [6, 6.07) is 0. The lowest BCUT2D eigenvalue weighted by atomic mass is 10.4. The molecule has 1 aromatic heterocycles. The summed E-state index contributed by atoms with van der Waals surface area (Å²) in [6.07, 6.45) is 2.72. The zero-order valence-electron chi connectivity index (χ0n) is 6.92. The number of aryl methyl sites for hydroxylation is 1. The number of anilines is 1. The van der Waals surface area contributed by atoms with Gasteiger partial charge in [0.2, 0.25) is 5.95 Å². The molecule has 0 unspecified atom stereocenters. The summed E-state index contributed by atoms with van der Waals surface area (Å²) in [4.78, 5) is 4.24. The Morgan fingerprint density at radius 2 is 2.42 bits per heavy atom. The molecule has 1 N–H and O–H groups in total. The Balaban J connectivity index is 1.96. The van der Waals surface area contributed by atoms with Crippen molar-refractivity contribution in [2.75, 3.05) is 11.9 Å². The van der Waals surface area contributed by atoms with Gasteiger partial charge in [-0.1, -0.05) is 0 Å². The molecule has 0 aromatic carbocycles. The van der Waals surface area contributed by atoms with Gasteiger partial charge in [-0.05, 0) is 25.7 Å². The van der Waals surface area contributed by atoms with Crippen molar-refractivity contribution in [3.05, 3.63) is 5.82 Å². The molecule has 1 aliphatic rings. The molecule has 1 aromatic rings. The van der Waals surface area contributed by atoms with Gasteiger partial charge in [0.25, 0.3) is 0 Å². The van der Waals surface area contributed by atoms with Gasteiger partial charge in [0, 0.05) is 6.54 Å². The highest BCUT2D eigenvalue weighted by Crippen LogP contribution is 2.28.